The van der Waals surface area contributed by atoms with Crippen LogP contribution >= 0.6 is 15.9 Å². The van der Waals surface area contributed by atoms with Crippen LogP contribution in [0.4, 0.5) is 11.4 Å². The van der Waals surface area contributed by atoms with Gasteiger partial charge in [-0.1, -0.05) is 34.1 Å². The number of para-hydroxylation sites is 2. The van der Waals surface area contributed by atoms with E-state index in [0.29, 0.717) is 17.1 Å². The number of hydrogen-bond acceptors (Lipinski definition) is 3. The highest BCUT2D eigenvalue weighted by Crippen LogP contribution is 2.20. The number of ether oxygens (including phenoxy) is 1. The smallest absolute Gasteiger partial charge is 0.265 e. The first-order valence-corrected chi connectivity index (χ1v) is 6.93. The number of carbonyl (C=O) groups is 1. The minimum absolute atomic E-state index is 0.247. The zero-order valence-electron chi connectivity index (χ0n) is 11.0. The molecule has 0 heterocycles. The highest BCUT2D eigenvalue weighted by molar-refractivity contribution is 9.10. The van der Waals surface area contributed by atoms with E-state index >= 15 is 0 Å². The van der Waals surface area contributed by atoms with Crippen LogP contribution in [0.25, 0.3) is 0 Å². The second-order valence-corrected chi connectivity index (χ2v) is 5.21. The lowest BCUT2D eigenvalue weighted by Gasteiger charge is -2.15. The fraction of sp³-hybridized carbons (Fsp3) is 0.133. The van der Waals surface area contributed by atoms with Crippen LogP contribution < -0.4 is 15.8 Å². The van der Waals surface area contributed by atoms with Gasteiger partial charge in [-0.25, -0.2) is 0 Å². The van der Waals surface area contributed by atoms with Gasteiger partial charge in [-0.15, -0.1) is 0 Å². The first-order valence-electron chi connectivity index (χ1n) is 6.14. The maximum atomic E-state index is 12.1. The number of nitrogens with two attached hydrogens (primary N) is 1. The normalized spacial score (nSPS) is 11.7. The summed E-state index contributed by atoms with van der Waals surface area (Å²) in [7, 11) is 0. The van der Waals surface area contributed by atoms with E-state index in [1.807, 2.05) is 24.3 Å². The third-order valence-electron chi connectivity index (χ3n) is 2.70. The largest absolute Gasteiger partial charge is 0.481 e. The fourth-order valence-corrected chi connectivity index (χ4v) is 2.02. The van der Waals surface area contributed by atoms with Gasteiger partial charge >= 0.3 is 0 Å². The number of rotatable bonds is 4. The number of anilines is 2. The lowest BCUT2D eigenvalue weighted by atomic mass is 10.2. The van der Waals surface area contributed by atoms with Crippen LogP contribution in [0.15, 0.2) is 53.0 Å². The Balaban J connectivity index is 2.01. The average molecular weight is 335 g/mol. The summed E-state index contributed by atoms with van der Waals surface area (Å²) < 4.78 is 6.48. The van der Waals surface area contributed by atoms with Crippen LogP contribution in [0.1, 0.15) is 6.92 Å². The van der Waals surface area contributed by atoms with Gasteiger partial charge in [0, 0.05) is 4.47 Å². The maximum absolute atomic E-state index is 12.1. The summed E-state index contributed by atoms with van der Waals surface area (Å²) in [6.45, 7) is 1.69. The van der Waals surface area contributed by atoms with Crippen molar-refractivity contribution in [2.45, 2.75) is 13.0 Å². The van der Waals surface area contributed by atoms with Crippen LogP contribution in [-0.4, -0.2) is 12.0 Å². The molecular weight excluding hydrogens is 320 g/mol. The van der Waals surface area contributed by atoms with E-state index < -0.39 is 6.10 Å². The van der Waals surface area contributed by atoms with Crippen LogP contribution in [0.5, 0.6) is 5.75 Å². The summed E-state index contributed by atoms with van der Waals surface area (Å²) in [5, 5.41) is 2.74. The van der Waals surface area contributed by atoms with Crippen molar-refractivity contribution in [2.75, 3.05) is 11.1 Å². The second kappa shape index (κ2) is 6.43. The number of amides is 1. The van der Waals surface area contributed by atoms with Gasteiger partial charge in [0.05, 0.1) is 11.4 Å². The lowest BCUT2D eigenvalue weighted by Crippen LogP contribution is -2.30. The molecule has 0 aromatic heterocycles. The van der Waals surface area contributed by atoms with E-state index in [1.165, 1.54) is 0 Å². The van der Waals surface area contributed by atoms with Gasteiger partial charge in [0.2, 0.25) is 0 Å². The maximum Gasteiger partial charge on any atom is 0.265 e. The summed E-state index contributed by atoms with van der Waals surface area (Å²) in [5.41, 5.74) is 6.89. The molecule has 0 radical (unpaired) electrons. The molecule has 0 aliphatic carbocycles. The molecule has 2 aromatic rings. The summed E-state index contributed by atoms with van der Waals surface area (Å²) in [4.78, 5) is 12.1. The fourth-order valence-electron chi connectivity index (χ4n) is 1.64. The molecule has 1 atom stereocenters. The van der Waals surface area contributed by atoms with E-state index in [1.54, 1.807) is 31.2 Å². The van der Waals surface area contributed by atoms with Crippen LogP contribution in [0.2, 0.25) is 0 Å². The van der Waals surface area contributed by atoms with Crippen molar-refractivity contribution in [3.8, 4) is 5.75 Å². The van der Waals surface area contributed by atoms with Gasteiger partial charge in [-0.05, 0) is 37.3 Å². The van der Waals surface area contributed by atoms with Gasteiger partial charge in [-0.3, -0.25) is 4.79 Å². The summed E-state index contributed by atoms with van der Waals surface area (Å²) >= 11 is 3.36. The molecule has 20 heavy (non-hydrogen) atoms. The third-order valence-corrected chi connectivity index (χ3v) is 3.19. The molecular formula is C15H15BrN2O2. The van der Waals surface area contributed by atoms with E-state index in [9.17, 15) is 4.79 Å². The molecule has 2 rings (SSSR count). The number of nitrogens with one attached hydrogen (secondary N) is 1. The zero-order valence-corrected chi connectivity index (χ0v) is 12.6. The van der Waals surface area contributed by atoms with Crippen LogP contribution in [0.3, 0.4) is 0 Å². The van der Waals surface area contributed by atoms with Crippen molar-refractivity contribution in [1.82, 2.24) is 0 Å². The Kier molecular flexibility index (Phi) is 4.63. The minimum atomic E-state index is -0.621. The predicted octanol–water partition coefficient (Wildman–Crippen LogP) is 3.44. The van der Waals surface area contributed by atoms with Gasteiger partial charge < -0.3 is 15.8 Å². The van der Waals surface area contributed by atoms with E-state index in [0.717, 1.165) is 4.47 Å². The molecule has 1 unspecified atom stereocenters. The Labute approximate surface area is 126 Å². The number of nitrogen functional groups attached to an aromatic ring is 1. The molecule has 0 aliphatic rings. The first kappa shape index (κ1) is 14.4. The van der Waals surface area contributed by atoms with E-state index in [2.05, 4.69) is 21.2 Å². The standard InChI is InChI=1S/C15H15BrN2O2/c1-10(20-12-6-4-5-11(16)9-12)15(19)18-14-8-3-2-7-13(14)17/h2-10H,17H2,1H3,(H,18,19). The van der Waals surface area contributed by atoms with Crippen molar-refractivity contribution in [3.63, 3.8) is 0 Å². The molecule has 3 N–H and O–H groups in total. The van der Waals surface area contributed by atoms with Crippen LogP contribution in [0, 0.1) is 0 Å². The average Bonchev–Trinajstić information content (AvgIpc) is 2.41. The van der Waals surface area contributed by atoms with Crippen molar-refractivity contribution in [3.05, 3.63) is 53.0 Å². The van der Waals surface area contributed by atoms with Gasteiger partial charge in [0.15, 0.2) is 6.10 Å². The molecule has 4 nitrogen and oxygen atoms in total. The van der Waals surface area contributed by atoms with Crippen molar-refractivity contribution in [1.29, 1.82) is 0 Å². The number of halogens is 1. The van der Waals surface area contributed by atoms with E-state index in [4.69, 9.17) is 10.5 Å². The quantitative estimate of drug-likeness (QED) is 0.842. The molecule has 1 amide bonds. The first-order chi connectivity index (χ1) is 9.56. The molecule has 0 saturated carbocycles. The Morgan fingerprint density at radius 1 is 1.25 bits per heavy atom. The van der Waals surface area contributed by atoms with Crippen LogP contribution in [-0.2, 0) is 4.79 Å². The predicted molar refractivity (Wildman–Crippen MR) is 83.7 cm³/mol. The topological polar surface area (TPSA) is 64.3 Å². The molecule has 0 fully saturated rings. The molecule has 5 heteroatoms. The Bertz CT molecular complexity index is 616. The summed E-state index contributed by atoms with van der Waals surface area (Å²) in [6, 6.07) is 14.4. The number of hydrogen-bond donors (Lipinski definition) is 2. The zero-order chi connectivity index (χ0) is 14.5. The molecule has 0 saturated heterocycles. The van der Waals surface area contributed by atoms with Gasteiger partial charge in [0.25, 0.3) is 5.91 Å². The Morgan fingerprint density at radius 3 is 2.70 bits per heavy atom. The molecule has 2 aromatic carbocycles. The van der Waals surface area contributed by atoms with Gasteiger partial charge in [0.1, 0.15) is 5.75 Å². The number of carbonyl (C=O) groups excluding carboxylic acids is 1. The van der Waals surface area contributed by atoms with Crippen molar-refractivity contribution in [2.24, 2.45) is 0 Å². The molecule has 0 bridgehead atoms. The monoisotopic (exact) mass is 334 g/mol. The summed E-state index contributed by atoms with van der Waals surface area (Å²) in [5.74, 6) is 0.380. The molecule has 104 valence electrons. The van der Waals surface area contributed by atoms with Gasteiger partial charge in [-0.2, -0.15) is 0 Å². The molecule has 0 aliphatic heterocycles. The number of benzene rings is 2. The van der Waals surface area contributed by atoms with Crippen molar-refractivity contribution >= 4 is 33.2 Å². The highest BCUT2D eigenvalue weighted by Gasteiger charge is 2.15. The van der Waals surface area contributed by atoms with E-state index in [-0.39, 0.29) is 5.91 Å². The lowest BCUT2D eigenvalue weighted by molar-refractivity contribution is -0.122. The molecule has 0 spiro atoms. The third kappa shape index (κ3) is 3.74. The SMILES string of the molecule is CC(Oc1cccc(Br)c1)C(=O)Nc1ccccc1N. The highest BCUT2D eigenvalue weighted by atomic mass is 79.9. The Hall–Kier alpha value is -2.01. The second-order valence-electron chi connectivity index (χ2n) is 4.29. The van der Waals surface area contributed by atoms with Crippen molar-refractivity contribution < 1.29 is 9.53 Å². The Morgan fingerprint density at radius 2 is 2.00 bits per heavy atom. The summed E-state index contributed by atoms with van der Waals surface area (Å²) in [6.07, 6.45) is -0.621. The minimum Gasteiger partial charge on any atom is -0.481 e.